The molecule has 0 radical (unpaired) electrons. The molecule has 1 saturated heterocycles. The molecule has 0 saturated carbocycles. The van der Waals surface area contributed by atoms with Gasteiger partial charge >= 0.3 is 0 Å². The SMILES string of the molecule is CCNC(=NCC1CCN(Cc2csc(CC)n2)CC1)NCCCOCCOC.I. The zero-order valence-corrected chi connectivity index (χ0v) is 22.0. The Morgan fingerprint density at radius 2 is 2.03 bits per heavy atom. The van der Waals surface area contributed by atoms with E-state index in [0.717, 1.165) is 64.7 Å². The lowest BCUT2D eigenvalue weighted by Crippen LogP contribution is -2.39. The molecule has 30 heavy (non-hydrogen) atoms. The second-order valence-corrected chi connectivity index (χ2v) is 8.35. The summed E-state index contributed by atoms with van der Waals surface area (Å²) < 4.78 is 10.5. The number of likely N-dealkylation sites (tertiary alicyclic amines) is 1. The largest absolute Gasteiger partial charge is 0.382 e. The van der Waals surface area contributed by atoms with E-state index in [0.29, 0.717) is 19.1 Å². The standard InChI is InChI=1S/C21H39N5O2S.HI/c1-4-20-25-19(17-29-20)16-26-10-7-18(8-11-26)15-24-21(22-5-2)23-9-6-12-28-14-13-27-3;/h17-18H,4-16H2,1-3H3,(H2,22,23,24);1H. The minimum absolute atomic E-state index is 0. The van der Waals surface area contributed by atoms with Crippen molar-refractivity contribution < 1.29 is 9.47 Å². The molecule has 7 nitrogen and oxygen atoms in total. The third kappa shape index (κ3) is 11.2. The van der Waals surface area contributed by atoms with E-state index < -0.39 is 0 Å². The summed E-state index contributed by atoms with van der Waals surface area (Å²) in [5, 5.41) is 10.2. The van der Waals surface area contributed by atoms with Crippen molar-refractivity contribution in [3.05, 3.63) is 16.1 Å². The lowest BCUT2D eigenvalue weighted by atomic mass is 9.97. The van der Waals surface area contributed by atoms with E-state index in [1.54, 1.807) is 18.4 Å². The number of hydrogen-bond donors (Lipinski definition) is 2. The zero-order valence-electron chi connectivity index (χ0n) is 18.8. The Hall–Kier alpha value is -0.490. The predicted molar refractivity (Wildman–Crippen MR) is 136 cm³/mol. The Morgan fingerprint density at radius 3 is 2.70 bits per heavy atom. The molecule has 0 atom stereocenters. The molecular formula is C21H40IN5O2S. The number of aromatic nitrogens is 1. The van der Waals surface area contributed by atoms with Gasteiger partial charge in [0, 0.05) is 45.3 Å². The van der Waals surface area contributed by atoms with Crippen LogP contribution in [0.2, 0.25) is 0 Å². The predicted octanol–water partition coefficient (Wildman–Crippen LogP) is 3.14. The van der Waals surface area contributed by atoms with Crippen molar-refractivity contribution >= 4 is 41.3 Å². The van der Waals surface area contributed by atoms with Gasteiger partial charge in [0.25, 0.3) is 0 Å². The number of piperidine rings is 1. The van der Waals surface area contributed by atoms with Gasteiger partial charge in [-0.1, -0.05) is 6.92 Å². The van der Waals surface area contributed by atoms with Crippen LogP contribution in [0.1, 0.15) is 43.8 Å². The second-order valence-electron chi connectivity index (χ2n) is 7.41. The highest BCUT2D eigenvalue weighted by Crippen LogP contribution is 2.20. The minimum Gasteiger partial charge on any atom is -0.382 e. The third-order valence-electron chi connectivity index (χ3n) is 5.04. The first-order valence-electron chi connectivity index (χ1n) is 11.0. The van der Waals surface area contributed by atoms with E-state index in [2.05, 4.69) is 34.8 Å². The lowest BCUT2D eigenvalue weighted by Gasteiger charge is -2.30. The van der Waals surface area contributed by atoms with E-state index in [1.165, 1.54) is 23.5 Å². The Labute approximate surface area is 203 Å². The molecule has 0 aromatic carbocycles. The van der Waals surface area contributed by atoms with Crippen LogP contribution in [-0.4, -0.2) is 75.5 Å². The molecule has 9 heteroatoms. The van der Waals surface area contributed by atoms with Gasteiger partial charge in [-0.05, 0) is 51.6 Å². The summed E-state index contributed by atoms with van der Waals surface area (Å²) in [6.07, 6.45) is 4.42. The van der Waals surface area contributed by atoms with E-state index in [-0.39, 0.29) is 24.0 Å². The third-order valence-corrected chi connectivity index (χ3v) is 6.08. The highest BCUT2D eigenvalue weighted by atomic mass is 127. The molecule has 1 aromatic rings. The van der Waals surface area contributed by atoms with Gasteiger partial charge in [-0.25, -0.2) is 4.98 Å². The van der Waals surface area contributed by atoms with Crippen LogP contribution < -0.4 is 10.6 Å². The molecule has 0 unspecified atom stereocenters. The molecule has 0 spiro atoms. The number of rotatable bonds is 13. The van der Waals surface area contributed by atoms with Gasteiger partial charge in [-0.3, -0.25) is 9.89 Å². The molecule has 2 heterocycles. The normalized spacial score (nSPS) is 15.8. The minimum atomic E-state index is 0. The summed E-state index contributed by atoms with van der Waals surface area (Å²) in [6, 6.07) is 0. The van der Waals surface area contributed by atoms with E-state index in [1.807, 2.05) is 0 Å². The molecule has 0 aliphatic carbocycles. The number of nitrogens with zero attached hydrogens (tertiary/aromatic N) is 3. The van der Waals surface area contributed by atoms with Crippen LogP contribution in [0.4, 0.5) is 0 Å². The monoisotopic (exact) mass is 553 g/mol. The quantitative estimate of drug-likeness (QED) is 0.169. The number of aryl methyl sites for hydroxylation is 1. The maximum absolute atomic E-state index is 5.50. The summed E-state index contributed by atoms with van der Waals surface area (Å²) in [5.74, 6) is 1.59. The molecule has 2 rings (SSSR count). The van der Waals surface area contributed by atoms with Gasteiger partial charge in [0.1, 0.15) is 0 Å². The van der Waals surface area contributed by atoms with Crippen LogP contribution in [0.25, 0.3) is 0 Å². The average molecular weight is 554 g/mol. The molecule has 1 fully saturated rings. The molecule has 1 aliphatic heterocycles. The van der Waals surface area contributed by atoms with Crippen LogP contribution in [0.5, 0.6) is 0 Å². The fourth-order valence-electron chi connectivity index (χ4n) is 3.33. The molecule has 2 N–H and O–H groups in total. The number of ether oxygens (including phenoxy) is 2. The highest BCUT2D eigenvalue weighted by Gasteiger charge is 2.19. The Morgan fingerprint density at radius 1 is 1.23 bits per heavy atom. The number of aliphatic imine (C=N–C) groups is 1. The summed E-state index contributed by atoms with van der Waals surface area (Å²) >= 11 is 1.78. The fraction of sp³-hybridized carbons (Fsp3) is 0.810. The molecule has 0 amide bonds. The molecule has 0 bridgehead atoms. The van der Waals surface area contributed by atoms with Crippen LogP contribution in [0.15, 0.2) is 10.4 Å². The summed E-state index contributed by atoms with van der Waals surface area (Å²) in [6.45, 7) is 12.2. The number of nitrogens with one attached hydrogen (secondary N) is 2. The number of thiazole rings is 1. The Bertz CT molecular complexity index is 579. The van der Waals surface area contributed by atoms with Crippen LogP contribution >= 0.6 is 35.3 Å². The van der Waals surface area contributed by atoms with Crippen molar-refractivity contribution in [2.24, 2.45) is 10.9 Å². The van der Waals surface area contributed by atoms with Gasteiger partial charge in [-0.15, -0.1) is 35.3 Å². The first-order valence-corrected chi connectivity index (χ1v) is 11.9. The van der Waals surface area contributed by atoms with Crippen LogP contribution in [0.3, 0.4) is 0 Å². The lowest BCUT2D eigenvalue weighted by molar-refractivity contribution is 0.0698. The van der Waals surface area contributed by atoms with Crippen molar-refractivity contribution in [2.75, 3.05) is 59.7 Å². The van der Waals surface area contributed by atoms with Crippen LogP contribution in [-0.2, 0) is 22.4 Å². The number of halogens is 1. The number of hydrogen-bond acceptors (Lipinski definition) is 6. The summed E-state index contributed by atoms with van der Waals surface area (Å²) in [7, 11) is 1.69. The van der Waals surface area contributed by atoms with Gasteiger partial charge in [0.05, 0.1) is 23.9 Å². The maximum atomic E-state index is 5.50. The maximum Gasteiger partial charge on any atom is 0.191 e. The smallest absolute Gasteiger partial charge is 0.191 e. The molecule has 174 valence electrons. The summed E-state index contributed by atoms with van der Waals surface area (Å²) in [4.78, 5) is 12.0. The van der Waals surface area contributed by atoms with Gasteiger partial charge < -0.3 is 20.1 Å². The van der Waals surface area contributed by atoms with Crippen molar-refractivity contribution in [3.63, 3.8) is 0 Å². The number of guanidine groups is 1. The van der Waals surface area contributed by atoms with Crippen molar-refractivity contribution in [1.82, 2.24) is 20.5 Å². The van der Waals surface area contributed by atoms with Gasteiger partial charge in [-0.2, -0.15) is 0 Å². The second kappa shape index (κ2) is 17.1. The van der Waals surface area contributed by atoms with Crippen LogP contribution in [0, 0.1) is 5.92 Å². The Balaban J connectivity index is 0.00000450. The first kappa shape index (κ1) is 27.5. The van der Waals surface area contributed by atoms with Gasteiger partial charge in [0.15, 0.2) is 5.96 Å². The Kier molecular flexibility index (Phi) is 15.7. The van der Waals surface area contributed by atoms with Crippen molar-refractivity contribution in [1.29, 1.82) is 0 Å². The van der Waals surface area contributed by atoms with Gasteiger partial charge in [0.2, 0.25) is 0 Å². The van der Waals surface area contributed by atoms with Crippen molar-refractivity contribution in [3.8, 4) is 0 Å². The molecule has 1 aromatic heterocycles. The topological polar surface area (TPSA) is 71.0 Å². The fourth-order valence-corrected chi connectivity index (χ4v) is 4.06. The molecular weight excluding hydrogens is 513 g/mol. The van der Waals surface area contributed by atoms with Crippen molar-refractivity contribution in [2.45, 2.75) is 46.1 Å². The van der Waals surface area contributed by atoms with E-state index in [4.69, 9.17) is 19.5 Å². The van der Waals surface area contributed by atoms with E-state index in [9.17, 15) is 0 Å². The average Bonchev–Trinajstić information content (AvgIpc) is 3.20. The van der Waals surface area contributed by atoms with E-state index >= 15 is 0 Å². The number of methoxy groups -OCH3 is 1. The molecule has 1 aliphatic rings. The zero-order chi connectivity index (χ0) is 20.7. The summed E-state index contributed by atoms with van der Waals surface area (Å²) in [5.41, 5.74) is 1.23. The first-order chi connectivity index (χ1) is 14.2. The highest BCUT2D eigenvalue weighted by molar-refractivity contribution is 14.0.